The second-order valence-electron chi connectivity index (χ2n) is 11.1. The molecule has 1 amide bonds. The molecule has 0 saturated heterocycles. The number of fused-ring (bicyclic) bond motifs is 5. The van der Waals surface area contributed by atoms with Gasteiger partial charge in [-0.3, -0.25) is 14.4 Å². The Balaban J connectivity index is 1.44. The molecule has 0 aliphatic heterocycles. The summed E-state index contributed by atoms with van der Waals surface area (Å²) in [5, 5.41) is 13.3. The number of hydrogen-bond acceptors (Lipinski definition) is 5. The summed E-state index contributed by atoms with van der Waals surface area (Å²) in [6, 6.07) is 0. The van der Waals surface area contributed by atoms with Gasteiger partial charge in [0.25, 0.3) is 0 Å². The van der Waals surface area contributed by atoms with Crippen molar-refractivity contribution in [3.05, 3.63) is 0 Å². The number of nitrogens with zero attached hydrogens (tertiary/aromatic N) is 1. The minimum Gasteiger partial charge on any atom is -0.481 e. The Morgan fingerprint density at radius 1 is 1.06 bits per heavy atom. The molecule has 4 fully saturated rings. The van der Waals surface area contributed by atoms with Gasteiger partial charge in [0.15, 0.2) is 0 Å². The second-order valence-corrected chi connectivity index (χ2v) is 11.1. The highest BCUT2D eigenvalue weighted by Crippen LogP contribution is 2.65. The number of hydrazone groups is 1. The van der Waals surface area contributed by atoms with Crippen molar-refractivity contribution < 1.29 is 24.2 Å². The Hall–Kier alpha value is -1.92. The van der Waals surface area contributed by atoms with Crippen LogP contribution in [0.15, 0.2) is 5.10 Å². The molecule has 0 aromatic heterocycles. The van der Waals surface area contributed by atoms with Gasteiger partial charge in [-0.1, -0.05) is 13.8 Å². The van der Waals surface area contributed by atoms with E-state index in [0.717, 1.165) is 44.2 Å². The molecule has 32 heavy (non-hydrogen) atoms. The number of carboxylic acid groups (broad SMARTS) is 1. The molecule has 0 unspecified atom stereocenters. The largest absolute Gasteiger partial charge is 0.481 e. The highest BCUT2D eigenvalue weighted by molar-refractivity contribution is 5.93. The zero-order valence-corrected chi connectivity index (χ0v) is 19.7. The molecule has 0 spiro atoms. The Labute approximate surface area is 190 Å². The van der Waals surface area contributed by atoms with Crippen LogP contribution in [0.3, 0.4) is 0 Å². The van der Waals surface area contributed by atoms with Gasteiger partial charge in [0, 0.05) is 24.5 Å². The molecule has 4 aliphatic rings. The number of carbonyl (C=O) groups is 3. The predicted molar refractivity (Wildman–Crippen MR) is 120 cm³/mol. The van der Waals surface area contributed by atoms with E-state index >= 15 is 0 Å². The number of amides is 1. The molecular formula is C25H38N2O5. The van der Waals surface area contributed by atoms with Crippen LogP contribution in [-0.2, 0) is 19.1 Å². The Bertz CT molecular complexity index is 810. The first-order chi connectivity index (χ1) is 15.1. The third-order valence-corrected chi connectivity index (χ3v) is 9.57. The van der Waals surface area contributed by atoms with Crippen molar-refractivity contribution in [2.24, 2.45) is 39.6 Å². The van der Waals surface area contributed by atoms with E-state index in [9.17, 15) is 14.4 Å². The number of carbonyl (C=O) groups excluding carboxylic acids is 2. The number of rotatable bonds is 5. The van der Waals surface area contributed by atoms with Gasteiger partial charge in [0.2, 0.25) is 5.91 Å². The average molecular weight is 447 g/mol. The maximum Gasteiger partial charge on any atom is 0.303 e. The van der Waals surface area contributed by atoms with Gasteiger partial charge >= 0.3 is 11.9 Å². The topological polar surface area (TPSA) is 105 Å². The van der Waals surface area contributed by atoms with Gasteiger partial charge in [-0.15, -0.1) is 0 Å². The van der Waals surface area contributed by atoms with Gasteiger partial charge in [-0.05, 0) is 86.9 Å². The van der Waals surface area contributed by atoms with Crippen LogP contribution in [0.25, 0.3) is 0 Å². The Morgan fingerprint density at radius 2 is 1.84 bits per heavy atom. The standard InChI is InChI=1S/C25H38N2O5/c1-15(28)32-17-10-12-24(2)16(14-17)4-5-18-19-6-7-21(25(19,3)13-11-20(18)24)26-27-22(29)8-9-23(30)31/h16-20H,4-14H2,1-3H3,(H,27,29)(H,30,31)/b26-21-/t16-,17+,18-,19+,20+,24-,25-/m0/s1. The van der Waals surface area contributed by atoms with Gasteiger partial charge in [-0.25, -0.2) is 5.43 Å². The van der Waals surface area contributed by atoms with E-state index in [2.05, 4.69) is 24.4 Å². The van der Waals surface area contributed by atoms with Gasteiger partial charge in [0.05, 0.1) is 6.42 Å². The summed E-state index contributed by atoms with van der Waals surface area (Å²) in [6.07, 6.45) is 9.78. The van der Waals surface area contributed by atoms with Crippen LogP contribution in [0.5, 0.6) is 0 Å². The monoisotopic (exact) mass is 446 g/mol. The molecule has 4 aliphatic carbocycles. The van der Waals surface area contributed by atoms with Crippen molar-refractivity contribution in [3.63, 3.8) is 0 Å². The van der Waals surface area contributed by atoms with Crippen LogP contribution in [0.4, 0.5) is 0 Å². The average Bonchev–Trinajstić information content (AvgIpc) is 3.07. The maximum atomic E-state index is 12.0. The van der Waals surface area contributed by atoms with Crippen molar-refractivity contribution in [1.82, 2.24) is 5.43 Å². The Kier molecular flexibility index (Phi) is 6.38. The third kappa shape index (κ3) is 4.19. The first-order valence-corrected chi connectivity index (χ1v) is 12.4. The molecule has 0 aromatic carbocycles. The fourth-order valence-electron chi connectivity index (χ4n) is 7.94. The van der Waals surface area contributed by atoms with Crippen LogP contribution in [-0.4, -0.2) is 34.8 Å². The lowest BCUT2D eigenvalue weighted by molar-refractivity contribution is -0.158. The number of ether oxygens (including phenoxy) is 1. The second kappa shape index (κ2) is 8.79. The van der Waals surface area contributed by atoms with Crippen LogP contribution in [0.2, 0.25) is 0 Å². The molecule has 4 rings (SSSR count). The minimum atomic E-state index is -0.968. The lowest BCUT2D eigenvalue weighted by Crippen LogP contribution is -2.54. The zero-order valence-electron chi connectivity index (χ0n) is 19.7. The summed E-state index contributed by atoms with van der Waals surface area (Å²) < 4.78 is 5.58. The van der Waals surface area contributed by atoms with Crippen LogP contribution in [0.1, 0.15) is 91.4 Å². The van der Waals surface area contributed by atoms with Crippen LogP contribution >= 0.6 is 0 Å². The number of hydrogen-bond donors (Lipinski definition) is 2. The lowest BCUT2D eigenvalue weighted by atomic mass is 9.45. The molecule has 0 aromatic rings. The molecular weight excluding hydrogens is 408 g/mol. The molecule has 7 nitrogen and oxygen atoms in total. The summed E-state index contributed by atoms with van der Waals surface area (Å²) in [7, 11) is 0. The summed E-state index contributed by atoms with van der Waals surface area (Å²) in [6.45, 7) is 6.34. The molecule has 7 heteroatoms. The first-order valence-electron chi connectivity index (χ1n) is 12.4. The van der Waals surface area contributed by atoms with E-state index < -0.39 is 5.97 Å². The molecule has 0 heterocycles. The van der Waals surface area contributed by atoms with Gasteiger partial charge in [-0.2, -0.15) is 5.10 Å². The van der Waals surface area contributed by atoms with E-state index in [1.54, 1.807) is 0 Å². The normalized spacial score (nSPS) is 41.8. The molecule has 2 N–H and O–H groups in total. The predicted octanol–water partition coefficient (Wildman–Crippen LogP) is 4.30. The number of aliphatic carboxylic acids is 1. The fourth-order valence-corrected chi connectivity index (χ4v) is 7.94. The van der Waals surface area contributed by atoms with E-state index in [0.29, 0.717) is 29.1 Å². The van der Waals surface area contributed by atoms with Crippen molar-refractivity contribution in [2.45, 2.75) is 97.5 Å². The molecule has 0 radical (unpaired) electrons. The molecule has 0 bridgehead atoms. The quantitative estimate of drug-likeness (QED) is 0.484. The van der Waals surface area contributed by atoms with E-state index in [1.165, 1.54) is 26.2 Å². The Morgan fingerprint density at radius 3 is 2.56 bits per heavy atom. The van der Waals surface area contributed by atoms with Crippen LogP contribution < -0.4 is 5.43 Å². The van der Waals surface area contributed by atoms with Crippen LogP contribution in [0, 0.1) is 34.5 Å². The highest BCUT2D eigenvalue weighted by Gasteiger charge is 2.59. The minimum absolute atomic E-state index is 0.0272. The van der Waals surface area contributed by atoms with Crippen molar-refractivity contribution >= 4 is 23.6 Å². The third-order valence-electron chi connectivity index (χ3n) is 9.57. The maximum absolute atomic E-state index is 12.0. The summed E-state index contributed by atoms with van der Waals surface area (Å²) in [5.41, 5.74) is 4.07. The van der Waals surface area contributed by atoms with Gasteiger partial charge in [0.1, 0.15) is 6.10 Å². The van der Waals surface area contributed by atoms with Crippen molar-refractivity contribution in [1.29, 1.82) is 0 Å². The highest BCUT2D eigenvalue weighted by atomic mass is 16.5. The van der Waals surface area contributed by atoms with Crippen molar-refractivity contribution in [3.8, 4) is 0 Å². The van der Waals surface area contributed by atoms with Gasteiger partial charge < -0.3 is 9.84 Å². The summed E-state index contributed by atoms with van der Waals surface area (Å²) >= 11 is 0. The smallest absolute Gasteiger partial charge is 0.303 e. The number of esters is 1. The van der Waals surface area contributed by atoms with E-state index in [-0.39, 0.29) is 36.2 Å². The number of nitrogens with one attached hydrogen (secondary N) is 1. The molecule has 4 saturated carbocycles. The van der Waals surface area contributed by atoms with E-state index in [4.69, 9.17) is 9.84 Å². The molecule has 178 valence electrons. The fraction of sp³-hybridized carbons (Fsp3) is 0.840. The first kappa shape index (κ1) is 23.2. The molecule has 7 atom stereocenters. The zero-order chi connectivity index (χ0) is 23.1. The van der Waals surface area contributed by atoms with Crippen molar-refractivity contribution in [2.75, 3.05) is 0 Å². The summed E-state index contributed by atoms with van der Waals surface area (Å²) in [5.74, 6) is 1.18. The number of carboxylic acids is 1. The van der Waals surface area contributed by atoms with E-state index in [1.807, 2.05) is 0 Å². The SMILES string of the molecule is CC(=O)O[C@@H]1CC[C@@]2(C)[C@@H](CC[C@@H]3[C@H]2CC[C@]2(C)/C(=N\NC(=O)CCC(=O)O)CC[C@H]32)C1. The summed E-state index contributed by atoms with van der Waals surface area (Å²) in [4.78, 5) is 34.1. The lowest BCUT2D eigenvalue weighted by Gasteiger charge is -2.60.